The first-order chi connectivity index (χ1) is 6.01. The van der Waals surface area contributed by atoms with Gasteiger partial charge in [-0.2, -0.15) is 13.4 Å². The third-order valence-electron chi connectivity index (χ3n) is 0.977. The van der Waals surface area contributed by atoms with Gasteiger partial charge in [-0.05, 0) is 6.92 Å². The lowest BCUT2D eigenvalue weighted by Crippen LogP contribution is -2.22. The summed E-state index contributed by atoms with van der Waals surface area (Å²) in [4.78, 5) is 3.63. The van der Waals surface area contributed by atoms with E-state index < -0.39 is 10.2 Å². The highest BCUT2D eigenvalue weighted by Gasteiger charge is 2.07. The molecular weight excluding hydrogens is 198 g/mol. The molecule has 1 heterocycles. The topological polar surface area (TPSA) is 123 Å². The fourth-order valence-electron chi connectivity index (χ4n) is 0.620. The zero-order valence-corrected chi connectivity index (χ0v) is 7.63. The van der Waals surface area contributed by atoms with Gasteiger partial charge in [0.15, 0.2) is 0 Å². The van der Waals surface area contributed by atoms with E-state index in [0.29, 0.717) is 6.61 Å². The van der Waals surface area contributed by atoms with Crippen molar-refractivity contribution in [3.05, 3.63) is 0 Å². The molecule has 0 saturated carbocycles. The van der Waals surface area contributed by atoms with E-state index in [-0.39, 0.29) is 12.0 Å². The van der Waals surface area contributed by atoms with Crippen LogP contribution in [0.15, 0.2) is 0 Å². The molecule has 0 aliphatic carbocycles. The molecule has 0 spiro atoms. The Morgan fingerprint density at radius 2 is 2.38 bits per heavy atom. The number of hydrogen-bond acceptors (Lipinski definition) is 5. The van der Waals surface area contributed by atoms with Crippen molar-refractivity contribution in [1.82, 2.24) is 15.2 Å². The third kappa shape index (κ3) is 3.25. The van der Waals surface area contributed by atoms with Gasteiger partial charge in [0.25, 0.3) is 10.2 Å². The standard InChI is InChI=1S/C4H9N5O3S/c1-2-12-4-6-3(7-8-4)9-13(5,10)11/h2H2,1H3,(H2,5,10,11)(H2,6,7,8,9). The van der Waals surface area contributed by atoms with Gasteiger partial charge in [-0.1, -0.05) is 0 Å². The molecule has 4 N–H and O–H groups in total. The van der Waals surface area contributed by atoms with Crippen LogP contribution >= 0.6 is 0 Å². The molecule has 0 saturated heterocycles. The van der Waals surface area contributed by atoms with Crippen molar-refractivity contribution in [3.63, 3.8) is 0 Å². The van der Waals surface area contributed by atoms with Gasteiger partial charge < -0.3 is 4.74 Å². The first-order valence-electron chi connectivity index (χ1n) is 3.37. The molecule has 0 unspecified atom stereocenters. The first-order valence-corrected chi connectivity index (χ1v) is 4.91. The van der Waals surface area contributed by atoms with Crippen molar-refractivity contribution in [2.24, 2.45) is 5.14 Å². The highest BCUT2D eigenvalue weighted by atomic mass is 32.2. The number of aromatic amines is 1. The zero-order valence-electron chi connectivity index (χ0n) is 6.81. The molecule has 0 radical (unpaired) electrons. The number of H-pyrrole nitrogens is 1. The van der Waals surface area contributed by atoms with Crippen molar-refractivity contribution >= 4 is 16.2 Å². The highest BCUT2D eigenvalue weighted by Crippen LogP contribution is 2.05. The van der Waals surface area contributed by atoms with E-state index in [1.54, 1.807) is 6.92 Å². The normalized spacial score (nSPS) is 11.2. The largest absolute Gasteiger partial charge is 0.463 e. The Morgan fingerprint density at radius 1 is 1.69 bits per heavy atom. The van der Waals surface area contributed by atoms with Crippen LogP contribution in [0.2, 0.25) is 0 Å². The average Bonchev–Trinajstić information content (AvgIpc) is 2.33. The van der Waals surface area contributed by atoms with Gasteiger partial charge >= 0.3 is 6.01 Å². The van der Waals surface area contributed by atoms with E-state index in [0.717, 1.165) is 0 Å². The second-order valence-electron chi connectivity index (χ2n) is 2.05. The van der Waals surface area contributed by atoms with Gasteiger partial charge in [-0.25, -0.2) is 15.0 Å². The monoisotopic (exact) mass is 207 g/mol. The second kappa shape index (κ2) is 3.58. The van der Waals surface area contributed by atoms with E-state index in [2.05, 4.69) is 20.3 Å². The molecule has 0 amide bonds. The van der Waals surface area contributed by atoms with Crippen LogP contribution in [0.5, 0.6) is 6.01 Å². The molecule has 0 atom stereocenters. The Hall–Kier alpha value is -1.35. The number of nitrogens with zero attached hydrogens (tertiary/aromatic N) is 2. The molecule has 0 fully saturated rings. The molecule has 1 aromatic rings. The van der Waals surface area contributed by atoms with Crippen LogP contribution in [-0.2, 0) is 10.2 Å². The maximum atomic E-state index is 10.5. The number of hydrogen-bond donors (Lipinski definition) is 3. The molecule has 8 nitrogen and oxygen atoms in total. The van der Waals surface area contributed by atoms with E-state index >= 15 is 0 Å². The maximum Gasteiger partial charge on any atom is 0.337 e. The van der Waals surface area contributed by atoms with Gasteiger partial charge in [0, 0.05) is 0 Å². The van der Waals surface area contributed by atoms with Crippen LogP contribution in [0.1, 0.15) is 6.92 Å². The van der Waals surface area contributed by atoms with Gasteiger partial charge in [0.05, 0.1) is 6.61 Å². The number of anilines is 1. The Balaban J connectivity index is 2.69. The van der Waals surface area contributed by atoms with Crippen molar-refractivity contribution in [2.75, 3.05) is 11.3 Å². The highest BCUT2D eigenvalue weighted by molar-refractivity contribution is 7.90. The summed E-state index contributed by atoms with van der Waals surface area (Å²) in [6, 6.07) is 0.0636. The Bertz CT molecular complexity index is 371. The van der Waals surface area contributed by atoms with E-state index in [4.69, 9.17) is 4.74 Å². The van der Waals surface area contributed by atoms with Gasteiger partial charge in [0.1, 0.15) is 0 Å². The number of ether oxygens (including phenoxy) is 1. The van der Waals surface area contributed by atoms with Gasteiger partial charge in [0.2, 0.25) is 5.95 Å². The summed E-state index contributed by atoms with van der Waals surface area (Å²) in [5, 5.41) is 10.5. The molecule has 0 aromatic carbocycles. The molecule has 0 aliphatic rings. The van der Waals surface area contributed by atoms with Crippen LogP contribution in [0.25, 0.3) is 0 Å². The minimum atomic E-state index is -3.82. The lowest BCUT2D eigenvalue weighted by molar-refractivity contribution is 0.314. The maximum absolute atomic E-state index is 10.5. The predicted octanol–water partition coefficient (Wildman–Crippen LogP) is -1.18. The lowest BCUT2D eigenvalue weighted by Gasteiger charge is -1.95. The average molecular weight is 207 g/mol. The van der Waals surface area contributed by atoms with E-state index in [1.807, 2.05) is 4.72 Å². The summed E-state index contributed by atoms with van der Waals surface area (Å²) in [5.74, 6) is -0.0778. The minimum absolute atomic E-state index is 0.0636. The summed E-state index contributed by atoms with van der Waals surface area (Å²) >= 11 is 0. The molecule has 0 bridgehead atoms. The Kier molecular flexibility index (Phi) is 2.68. The third-order valence-corrected chi connectivity index (χ3v) is 1.46. The molecule has 9 heteroatoms. The van der Waals surface area contributed by atoms with E-state index in [9.17, 15) is 8.42 Å². The minimum Gasteiger partial charge on any atom is -0.463 e. The summed E-state index contributed by atoms with van der Waals surface area (Å²) in [5.41, 5.74) is 0. The SMILES string of the molecule is CCOc1n[nH]c(NS(N)(=O)=O)n1. The lowest BCUT2D eigenvalue weighted by atomic mass is 10.9. The molecule has 74 valence electrons. The predicted molar refractivity (Wildman–Crippen MR) is 44.3 cm³/mol. The summed E-state index contributed by atoms with van der Waals surface area (Å²) in [6.45, 7) is 2.15. The molecule has 1 aromatic heterocycles. The van der Waals surface area contributed by atoms with Crippen molar-refractivity contribution in [1.29, 1.82) is 0 Å². The fraction of sp³-hybridized carbons (Fsp3) is 0.500. The Labute approximate surface area is 74.7 Å². The van der Waals surface area contributed by atoms with Crippen LogP contribution in [-0.4, -0.2) is 30.2 Å². The quantitative estimate of drug-likeness (QED) is 0.573. The molecule has 13 heavy (non-hydrogen) atoms. The van der Waals surface area contributed by atoms with E-state index in [1.165, 1.54) is 0 Å². The smallest absolute Gasteiger partial charge is 0.337 e. The summed E-state index contributed by atoms with van der Waals surface area (Å²) in [6.07, 6.45) is 0. The van der Waals surface area contributed by atoms with Gasteiger partial charge in [-0.15, -0.1) is 5.10 Å². The number of nitrogens with one attached hydrogen (secondary N) is 2. The zero-order chi connectivity index (χ0) is 9.90. The number of nitrogens with two attached hydrogens (primary N) is 1. The second-order valence-corrected chi connectivity index (χ2v) is 3.34. The van der Waals surface area contributed by atoms with Crippen molar-refractivity contribution in [2.45, 2.75) is 6.92 Å². The van der Waals surface area contributed by atoms with Crippen LogP contribution in [0.3, 0.4) is 0 Å². The van der Waals surface area contributed by atoms with Crippen LogP contribution < -0.4 is 14.6 Å². The number of rotatable bonds is 4. The van der Waals surface area contributed by atoms with Crippen molar-refractivity contribution in [3.8, 4) is 6.01 Å². The number of aromatic nitrogens is 3. The summed E-state index contributed by atoms with van der Waals surface area (Å²) in [7, 11) is -3.82. The fourth-order valence-corrected chi connectivity index (χ4v) is 0.981. The molecule has 0 aliphatic heterocycles. The van der Waals surface area contributed by atoms with Crippen LogP contribution in [0, 0.1) is 0 Å². The summed E-state index contributed by atoms with van der Waals surface area (Å²) < 4.78 is 27.8. The first kappa shape index (κ1) is 9.74. The molecular formula is C4H9N5O3S. The molecule has 1 rings (SSSR count). The van der Waals surface area contributed by atoms with Crippen molar-refractivity contribution < 1.29 is 13.2 Å². The van der Waals surface area contributed by atoms with Crippen LogP contribution in [0.4, 0.5) is 5.95 Å². The van der Waals surface area contributed by atoms with Gasteiger partial charge in [-0.3, -0.25) is 0 Å². The Morgan fingerprint density at radius 3 is 2.92 bits per heavy atom.